The fourth-order valence-corrected chi connectivity index (χ4v) is 6.05. The molecule has 0 radical (unpaired) electrons. The van der Waals surface area contributed by atoms with Gasteiger partial charge in [0.2, 0.25) is 0 Å². The van der Waals surface area contributed by atoms with Crippen LogP contribution >= 0.6 is 0 Å². The van der Waals surface area contributed by atoms with E-state index in [0.29, 0.717) is 0 Å². The number of rotatable bonds is 22. The van der Waals surface area contributed by atoms with E-state index in [2.05, 4.69) is 102 Å². The Morgan fingerprint density at radius 3 is 0.762 bits per heavy atom. The fraction of sp³-hybridized carbons (Fsp3) is 0.684. The molecule has 0 fully saturated rings. The number of hydrogen-bond acceptors (Lipinski definition) is 0. The van der Waals surface area contributed by atoms with Crippen LogP contribution in [0, 0.1) is 0 Å². The summed E-state index contributed by atoms with van der Waals surface area (Å²) in [7, 11) is 0. The Balaban J connectivity index is 0. The minimum absolute atomic E-state index is 0. The second-order valence-corrected chi connectivity index (χ2v) is 12.4. The average molecular weight is 713 g/mol. The first-order valence-electron chi connectivity index (χ1n) is 17.3. The van der Waals surface area contributed by atoms with E-state index >= 15 is 0 Å². The lowest BCUT2D eigenvalue weighted by molar-refractivity contribution is -0.941. The fourth-order valence-electron chi connectivity index (χ4n) is 6.05. The normalized spacial score (nSPS) is 11.2. The summed E-state index contributed by atoms with van der Waals surface area (Å²) in [6.45, 7) is 24.5. The Hall–Kier alpha value is -0.680. The Labute approximate surface area is 284 Å². The lowest BCUT2D eigenvalue weighted by Gasteiger charge is -2.39. The molecule has 4 heteroatoms. The maximum absolute atomic E-state index is 2.32. The molecule has 0 aliphatic heterocycles. The van der Waals surface area contributed by atoms with Crippen LogP contribution in [0.25, 0.3) is 0 Å². The third kappa shape index (κ3) is 18.9. The van der Waals surface area contributed by atoms with Gasteiger partial charge in [-0.1, -0.05) is 141 Å². The van der Waals surface area contributed by atoms with Crippen molar-refractivity contribution in [3.8, 4) is 0 Å². The molecule has 244 valence electrons. The molecular weight excluding hydrogens is 644 g/mol. The summed E-state index contributed by atoms with van der Waals surface area (Å²) in [5, 5.41) is 0. The van der Waals surface area contributed by atoms with E-state index < -0.39 is 0 Å². The summed E-state index contributed by atoms with van der Waals surface area (Å²) in [4.78, 5) is 0. The topological polar surface area (TPSA) is 0 Å². The van der Waals surface area contributed by atoms with Crippen molar-refractivity contribution >= 4 is 0 Å². The van der Waals surface area contributed by atoms with Gasteiger partial charge < -0.3 is 42.9 Å². The Bertz CT molecular complexity index is 699. The molecule has 0 bridgehead atoms. The lowest BCUT2D eigenvalue weighted by Crippen LogP contribution is -3.00. The van der Waals surface area contributed by atoms with Crippen molar-refractivity contribution < 1.29 is 42.9 Å². The largest absolute Gasteiger partial charge is 1.00 e. The van der Waals surface area contributed by atoms with Crippen LogP contribution in [-0.2, 0) is 13.1 Å². The molecule has 0 aliphatic carbocycles. The highest BCUT2D eigenvalue weighted by atomic mass is 79.9. The van der Waals surface area contributed by atoms with Gasteiger partial charge in [0.1, 0.15) is 13.1 Å². The number of quaternary nitrogens is 2. The predicted molar refractivity (Wildman–Crippen MR) is 179 cm³/mol. The monoisotopic (exact) mass is 710 g/mol. The van der Waals surface area contributed by atoms with E-state index in [1.807, 2.05) is 0 Å². The molecule has 2 aromatic rings. The van der Waals surface area contributed by atoms with Crippen LogP contribution in [0.1, 0.15) is 130 Å². The highest BCUT2D eigenvalue weighted by Crippen LogP contribution is 2.21. The zero-order chi connectivity index (χ0) is 29.4. The third-order valence-electron chi connectivity index (χ3n) is 8.64. The van der Waals surface area contributed by atoms with E-state index in [0.717, 1.165) is 0 Å². The summed E-state index contributed by atoms with van der Waals surface area (Å²) < 4.78 is 2.61. The van der Waals surface area contributed by atoms with Crippen molar-refractivity contribution in [1.29, 1.82) is 0 Å². The molecule has 42 heavy (non-hydrogen) atoms. The zero-order valence-corrected chi connectivity index (χ0v) is 31.7. The molecule has 0 atom stereocenters. The molecule has 0 saturated heterocycles. The SMILES string of the molecule is CCCC[N+](CCCC)(CCCC)Cc1ccccc1.CCCC[N+](CCCC)(CCCC)Cc1ccccc1.[Br-].[Br-]. The molecule has 0 aliphatic rings. The van der Waals surface area contributed by atoms with E-state index in [-0.39, 0.29) is 34.0 Å². The second kappa shape index (κ2) is 27.8. The van der Waals surface area contributed by atoms with Crippen LogP contribution < -0.4 is 34.0 Å². The van der Waals surface area contributed by atoms with Crippen LogP contribution in [0.15, 0.2) is 60.7 Å². The van der Waals surface area contributed by atoms with Crippen molar-refractivity contribution in [2.24, 2.45) is 0 Å². The highest BCUT2D eigenvalue weighted by molar-refractivity contribution is 5.14. The van der Waals surface area contributed by atoms with Crippen molar-refractivity contribution in [2.45, 2.75) is 132 Å². The van der Waals surface area contributed by atoms with Gasteiger partial charge in [-0.25, -0.2) is 0 Å². The van der Waals surface area contributed by atoms with Crippen LogP contribution in [0.3, 0.4) is 0 Å². The number of unbranched alkanes of at least 4 members (excludes halogenated alkanes) is 6. The molecule has 2 rings (SSSR count). The number of hydrogen-bond donors (Lipinski definition) is 0. The van der Waals surface area contributed by atoms with Crippen LogP contribution in [0.5, 0.6) is 0 Å². The number of benzene rings is 2. The molecule has 0 saturated carbocycles. The van der Waals surface area contributed by atoms with Crippen molar-refractivity contribution in [1.82, 2.24) is 0 Å². The van der Waals surface area contributed by atoms with Crippen LogP contribution in [-0.4, -0.2) is 48.2 Å². The van der Waals surface area contributed by atoms with Gasteiger partial charge in [0, 0.05) is 11.1 Å². The van der Waals surface area contributed by atoms with Gasteiger partial charge in [-0.3, -0.25) is 0 Å². The minimum Gasteiger partial charge on any atom is -1.00 e. The van der Waals surface area contributed by atoms with E-state index in [1.54, 1.807) is 0 Å². The predicted octanol–water partition coefficient (Wildman–Crippen LogP) is 4.82. The van der Waals surface area contributed by atoms with Gasteiger partial charge in [-0.2, -0.15) is 0 Å². The molecule has 0 unspecified atom stereocenters. The summed E-state index contributed by atoms with van der Waals surface area (Å²) in [5.74, 6) is 0. The standard InChI is InChI=1S/2C19H34N.2BrH/c2*1-4-7-15-20(16-8-5-2,17-9-6-3)18-19-13-11-10-12-14-19;;/h2*10-14H,4-9,15-18H2,1-3H3;2*1H/q2*+1;;/p-2. The first-order chi connectivity index (χ1) is 19.5. The third-order valence-corrected chi connectivity index (χ3v) is 8.64. The van der Waals surface area contributed by atoms with Crippen molar-refractivity contribution in [3.05, 3.63) is 71.8 Å². The van der Waals surface area contributed by atoms with Crippen molar-refractivity contribution in [2.75, 3.05) is 39.3 Å². The van der Waals surface area contributed by atoms with E-state index in [1.165, 1.54) is 150 Å². The Morgan fingerprint density at radius 2 is 0.571 bits per heavy atom. The van der Waals surface area contributed by atoms with Gasteiger partial charge in [-0.05, 0) is 38.5 Å². The average Bonchev–Trinajstić information content (AvgIpc) is 3.00. The summed E-state index contributed by atoms with van der Waals surface area (Å²) in [5.41, 5.74) is 3.02. The van der Waals surface area contributed by atoms with Gasteiger partial charge in [0.15, 0.2) is 0 Å². The van der Waals surface area contributed by atoms with Gasteiger partial charge in [0.05, 0.1) is 39.3 Å². The minimum atomic E-state index is 0. The van der Waals surface area contributed by atoms with Crippen molar-refractivity contribution in [3.63, 3.8) is 0 Å². The Kier molecular flexibility index (Phi) is 28.8. The van der Waals surface area contributed by atoms with Crippen LogP contribution in [0.4, 0.5) is 0 Å². The molecule has 0 aromatic heterocycles. The smallest absolute Gasteiger partial charge is 0.104 e. The summed E-state index contributed by atoms with van der Waals surface area (Å²) in [6, 6.07) is 22.2. The molecule has 0 amide bonds. The van der Waals surface area contributed by atoms with Gasteiger partial charge in [-0.15, -0.1) is 0 Å². The first kappa shape index (κ1) is 43.4. The maximum atomic E-state index is 2.32. The van der Waals surface area contributed by atoms with E-state index in [9.17, 15) is 0 Å². The number of nitrogens with zero attached hydrogens (tertiary/aromatic N) is 2. The molecule has 2 aromatic carbocycles. The molecule has 0 spiro atoms. The number of halogens is 2. The zero-order valence-electron chi connectivity index (χ0n) is 28.6. The summed E-state index contributed by atoms with van der Waals surface area (Å²) >= 11 is 0. The lowest BCUT2D eigenvalue weighted by atomic mass is 10.1. The molecule has 0 heterocycles. The molecular formula is C38H68Br2N2. The maximum Gasteiger partial charge on any atom is 0.104 e. The highest BCUT2D eigenvalue weighted by Gasteiger charge is 2.27. The summed E-state index contributed by atoms with van der Waals surface area (Å²) in [6.07, 6.45) is 16.0. The second-order valence-electron chi connectivity index (χ2n) is 12.4. The van der Waals surface area contributed by atoms with Gasteiger partial charge in [0.25, 0.3) is 0 Å². The van der Waals surface area contributed by atoms with Gasteiger partial charge >= 0.3 is 0 Å². The quantitative estimate of drug-likeness (QED) is 0.154. The first-order valence-corrected chi connectivity index (χ1v) is 17.3. The molecule has 0 N–H and O–H groups in total. The van der Waals surface area contributed by atoms with Crippen LogP contribution in [0.2, 0.25) is 0 Å². The van der Waals surface area contributed by atoms with E-state index in [4.69, 9.17) is 0 Å². The molecule has 2 nitrogen and oxygen atoms in total. The Morgan fingerprint density at radius 1 is 0.357 bits per heavy atom.